The molecule has 2 aromatic rings. The quantitative estimate of drug-likeness (QED) is 0.748. The van der Waals surface area contributed by atoms with Crippen LogP contribution in [-0.2, 0) is 26.0 Å². The number of amides is 2. The van der Waals surface area contributed by atoms with Crippen molar-refractivity contribution in [2.75, 3.05) is 23.3 Å². The lowest BCUT2D eigenvalue weighted by atomic mass is 10.0. The molecule has 1 N–H and O–H groups in total. The Kier molecular flexibility index (Phi) is 6.35. The van der Waals surface area contributed by atoms with E-state index in [1.807, 2.05) is 38.1 Å². The lowest BCUT2D eigenvalue weighted by Crippen LogP contribution is -2.42. The summed E-state index contributed by atoms with van der Waals surface area (Å²) in [6.45, 7) is 4.33. The van der Waals surface area contributed by atoms with Gasteiger partial charge < -0.3 is 10.2 Å². The number of sulfonamides is 1. The number of nitrogens with zero attached hydrogens (tertiary/aromatic N) is 2. The van der Waals surface area contributed by atoms with Gasteiger partial charge in [-0.3, -0.25) is 9.59 Å². The van der Waals surface area contributed by atoms with Crippen LogP contribution in [0.2, 0.25) is 0 Å². The van der Waals surface area contributed by atoms with Gasteiger partial charge in [-0.2, -0.15) is 4.31 Å². The minimum absolute atomic E-state index is 0.0201. The van der Waals surface area contributed by atoms with Gasteiger partial charge in [-0.1, -0.05) is 24.1 Å². The number of aryl methyl sites for hydroxylation is 2. The number of hydrogen-bond donors (Lipinski definition) is 1. The van der Waals surface area contributed by atoms with Crippen LogP contribution in [0.4, 0.5) is 11.4 Å². The number of hydrogen-bond acceptors (Lipinski definition) is 4. The van der Waals surface area contributed by atoms with Crippen molar-refractivity contribution < 1.29 is 18.0 Å². The van der Waals surface area contributed by atoms with Crippen molar-refractivity contribution in [1.29, 1.82) is 0 Å². The maximum atomic E-state index is 13.2. The summed E-state index contributed by atoms with van der Waals surface area (Å²) in [6.07, 6.45) is 3.48. The van der Waals surface area contributed by atoms with Gasteiger partial charge in [0, 0.05) is 30.4 Å². The fourth-order valence-corrected chi connectivity index (χ4v) is 6.17. The van der Waals surface area contributed by atoms with Crippen molar-refractivity contribution in [2.45, 2.75) is 56.9 Å². The second-order valence-electron chi connectivity index (χ2n) is 8.65. The lowest BCUT2D eigenvalue weighted by molar-refractivity contribution is -0.121. The van der Waals surface area contributed by atoms with Crippen LogP contribution in [0, 0.1) is 6.92 Å². The molecule has 8 heteroatoms. The Morgan fingerprint density at radius 2 is 1.84 bits per heavy atom. The zero-order valence-electron chi connectivity index (χ0n) is 18.5. The minimum Gasteiger partial charge on any atom is -0.325 e. The van der Waals surface area contributed by atoms with Gasteiger partial charge in [0.15, 0.2) is 0 Å². The third-order valence-corrected chi connectivity index (χ3v) is 8.25. The van der Waals surface area contributed by atoms with Gasteiger partial charge in [-0.05, 0) is 69.0 Å². The van der Waals surface area contributed by atoms with Crippen molar-refractivity contribution >= 4 is 33.2 Å². The van der Waals surface area contributed by atoms with Gasteiger partial charge >= 0.3 is 0 Å². The zero-order chi connectivity index (χ0) is 22.9. The first-order valence-corrected chi connectivity index (χ1v) is 12.5. The van der Waals surface area contributed by atoms with Gasteiger partial charge in [0.1, 0.15) is 6.54 Å². The number of carbonyl (C=O) groups is 2. The molecule has 1 unspecified atom stereocenters. The Morgan fingerprint density at radius 3 is 2.56 bits per heavy atom. The maximum absolute atomic E-state index is 13.2. The Balaban J connectivity index is 1.55. The van der Waals surface area contributed by atoms with E-state index in [9.17, 15) is 18.0 Å². The van der Waals surface area contributed by atoms with Crippen molar-refractivity contribution in [3.63, 3.8) is 0 Å². The van der Waals surface area contributed by atoms with E-state index in [1.165, 1.54) is 4.90 Å². The molecule has 2 amide bonds. The van der Waals surface area contributed by atoms with Crippen LogP contribution in [0.15, 0.2) is 47.4 Å². The molecule has 32 heavy (non-hydrogen) atoms. The summed E-state index contributed by atoms with van der Waals surface area (Å²) in [5, 5.41) is 2.82. The lowest BCUT2D eigenvalue weighted by Gasteiger charge is -2.33. The van der Waals surface area contributed by atoms with E-state index in [0.29, 0.717) is 24.3 Å². The van der Waals surface area contributed by atoms with E-state index in [4.69, 9.17) is 0 Å². The van der Waals surface area contributed by atoms with Crippen LogP contribution < -0.4 is 10.2 Å². The monoisotopic (exact) mass is 455 g/mol. The Labute approximate surface area is 189 Å². The number of anilines is 2. The van der Waals surface area contributed by atoms with E-state index in [2.05, 4.69) is 5.32 Å². The largest absolute Gasteiger partial charge is 0.325 e. The van der Waals surface area contributed by atoms with Crippen molar-refractivity contribution in [1.82, 2.24) is 4.31 Å². The summed E-state index contributed by atoms with van der Waals surface area (Å²) in [5.74, 6) is -0.439. The molecule has 2 aliphatic heterocycles. The second kappa shape index (κ2) is 9.03. The Morgan fingerprint density at radius 1 is 1.09 bits per heavy atom. The average molecular weight is 456 g/mol. The van der Waals surface area contributed by atoms with Crippen molar-refractivity contribution in [3.8, 4) is 0 Å². The standard InChI is InChI=1S/C24H29N3O4S/c1-17-6-9-20(10-7-17)25-23(28)16-26-22-12-11-21(15-19(22)8-13-24(26)29)32(30,31)27-14-4-3-5-18(27)2/h6-7,9-12,15,18H,3-5,8,13-14,16H2,1-2H3,(H,25,28). The molecule has 2 heterocycles. The molecule has 2 aromatic carbocycles. The molecule has 0 radical (unpaired) electrons. The molecule has 0 saturated carbocycles. The number of nitrogens with one attached hydrogen (secondary N) is 1. The van der Waals surface area contributed by atoms with E-state index in [0.717, 1.165) is 30.4 Å². The summed E-state index contributed by atoms with van der Waals surface area (Å²) >= 11 is 0. The van der Waals surface area contributed by atoms with Gasteiger partial charge in [-0.15, -0.1) is 0 Å². The maximum Gasteiger partial charge on any atom is 0.244 e. The van der Waals surface area contributed by atoms with Crippen LogP contribution in [0.1, 0.15) is 43.7 Å². The normalized spacial score (nSPS) is 19.5. The number of fused-ring (bicyclic) bond motifs is 1. The Hall–Kier alpha value is -2.71. The molecule has 0 spiro atoms. The van der Waals surface area contributed by atoms with Gasteiger partial charge in [0.25, 0.3) is 0 Å². The highest BCUT2D eigenvalue weighted by Crippen LogP contribution is 2.32. The van der Waals surface area contributed by atoms with Crippen molar-refractivity contribution in [2.24, 2.45) is 0 Å². The smallest absolute Gasteiger partial charge is 0.244 e. The summed E-state index contributed by atoms with van der Waals surface area (Å²) in [5.41, 5.74) is 3.14. The highest BCUT2D eigenvalue weighted by atomic mass is 32.2. The van der Waals surface area contributed by atoms with Crippen LogP contribution in [-0.4, -0.2) is 43.7 Å². The number of benzene rings is 2. The van der Waals surface area contributed by atoms with E-state index < -0.39 is 10.0 Å². The third-order valence-electron chi connectivity index (χ3n) is 6.24. The molecule has 0 bridgehead atoms. The van der Waals surface area contributed by atoms with E-state index in [-0.39, 0.29) is 35.7 Å². The summed E-state index contributed by atoms with van der Waals surface area (Å²) < 4.78 is 28.0. The highest BCUT2D eigenvalue weighted by Gasteiger charge is 2.33. The molecule has 1 saturated heterocycles. The molecular weight excluding hydrogens is 426 g/mol. The predicted octanol–water partition coefficient (Wildman–Crippen LogP) is 3.48. The summed E-state index contributed by atoms with van der Waals surface area (Å²) in [6, 6.07) is 12.3. The SMILES string of the molecule is Cc1ccc(NC(=O)CN2C(=O)CCc3cc(S(=O)(=O)N4CCCCC4C)ccc32)cc1. The molecule has 4 rings (SSSR count). The molecule has 7 nitrogen and oxygen atoms in total. The molecule has 1 atom stereocenters. The molecule has 170 valence electrons. The average Bonchev–Trinajstić information content (AvgIpc) is 2.77. The Bertz CT molecular complexity index is 1130. The first kappa shape index (κ1) is 22.5. The number of rotatable bonds is 5. The summed E-state index contributed by atoms with van der Waals surface area (Å²) in [4.78, 5) is 26.9. The van der Waals surface area contributed by atoms with Gasteiger partial charge in [0.05, 0.1) is 4.90 Å². The highest BCUT2D eigenvalue weighted by molar-refractivity contribution is 7.89. The predicted molar refractivity (Wildman–Crippen MR) is 124 cm³/mol. The first-order valence-electron chi connectivity index (χ1n) is 11.1. The minimum atomic E-state index is -3.59. The van der Waals surface area contributed by atoms with Crippen LogP contribution in [0.5, 0.6) is 0 Å². The summed E-state index contributed by atoms with van der Waals surface area (Å²) in [7, 11) is -3.59. The molecule has 0 aliphatic carbocycles. The topological polar surface area (TPSA) is 86.8 Å². The number of piperidine rings is 1. The van der Waals surface area contributed by atoms with E-state index in [1.54, 1.807) is 22.5 Å². The molecule has 0 aromatic heterocycles. The van der Waals surface area contributed by atoms with E-state index >= 15 is 0 Å². The van der Waals surface area contributed by atoms with Gasteiger partial charge in [0.2, 0.25) is 21.8 Å². The van der Waals surface area contributed by atoms with Crippen LogP contribution in [0.3, 0.4) is 0 Å². The molecular formula is C24H29N3O4S. The second-order valence-corrected chi connectivity index (χ2v) is 10.5. The zero-order valence-corrected chi connectivity index (χ0v) is 19.3. The third kappa shape index (κ3) is 4.56. The van der Waals surface area contributed by atoms with Crippen LogP contribution in [0.25, 0.3) is 0 Å². The van der Waals surface area contributed by atoms with Crippen LogP contribution >= 0.6 is 0 Å². The van der Waals surface area contributed by atoms with Crippen molar-refractivity contribution in [3.05, 3.63) is 53.6 Å². The first-order chi connectivity index (χ1) is 15.3. The molecule has 1 fully saturated rings. The fourth-order valence-electron chi connectivity index (χ4n) is 4.42. The fraction of sp³-hybridized carbons (Fsp3) is 0.417. The van der Waals surface area contributed by atoms with Gasteiger partial charge in [-0.25, -0.2) is 8.42 Å². The molecule has 2 aliphatic rings. The number of carbonyl (C=O) groups excluding carboxylic acids is 2.